The molecule has 1 saturated heterocycles. The first-order chi connectivity index (χ1) is 17.2. The smallest absolute Gasteiger partial charge is 0.319 e. The van der Waals surface area contributed by atoms with Crippen LogP contribution in [0.1, 0.15) is 45.7 Å². The number of benzene rings is 1. The van der Waals surface area contributed by atoms with Crippen molar-refractivity contribution in [1.29, 1.82) is 0 Å². The van der Waals surface area contributed by atoms with Gasteiger partial charge in [0.1, 0.15) is 10.6 Å². The van der Waals surface area contributed by atoms with E-state index >= 15 is 0 Å². The second-order valence-corrected chi connectivity index (χ2v) is 12.6. The molecule has 1 saturated carbocycles. The molecule has 198 valence electrons. The van der Waals surface area contributed by atoms with E-state index in [1.807, 2.05) is 32.0 Å². The largest absolute Gasteiger partial charge is 0.396 e. The maximum Gasteiger partial charge on any atom is 0.319 e. The van der Waals surface area contributed by atoms with Crippen molar-refractivity contribution in [3.63, 3.8) is 0 Å². The second-order valence-electron chi connectivity index (χ2n) is 9.72. The van der Waals surface area contributed by atoms with Gasteiger partial charge >= 0.3 is 6.03 Å². The molecule has 1 aromatic carbocycles. The zero-order valence-corrected chi connectivity index (χ0v) is 21.9. The highest BCUT2D eigenvalue weighted by molar-refractivity contribution is 8.25. The molecule has 2 aliphatic rings. The minimum Gasteiger partial charge on any atom is -0.396 e. The zero-order chi connectivity index (χ0) is 25.9. The molecule has 1 aliphatic carbocycles. The van der Waals surface area contributed by atoms with Crippen LogP contribution < -0.4 is 15.5 Å². The topological polar surface area (TPSA) is 140 Å². The molecule has 0 unspecified atom stereocenters. The molecule has 2 fully saturated rings. The highest BCUT2D eigenvalue weighted by Gasteiger charge is 2.57. The first-order valence-corrected chi connectivity index (χ1v) is 14.1. The van der Waals surface area contributed by atoms with Gasteiger partial charge in [-0.15, -0.1) is 0 Å². The van der Waals surface area contributed by atoms with Crippen LogP contribution in [0.5, 0.6) is 0 Å². The number of aromatic nitrogens is 2. The van der Waals surface area contributed by atoms with Gasteiger partial charge in [-0.3, -0.25) is 9.11 Å². The molecular formula is C25H37N5O5S. The number of anilines is 2. The van der Waals surface area contributed by atoms with Gasteiger partial charge in [0.2, 0.25) is 0 Å². The molecule has 2 heterocycles. The Morgan fingerprint density at radius 2 is 1.97 bits per heavy atom. The molecule has 2 aromatic rings. The molecule has 0 bridgehead atoms. The number of ether oxygens (including phenoxy) is 1. The first kappa shape index (κ1) is 26.6. The number of hydrogen-bond donors (Lipinski definition) is 5. The molecule has 5 N–H and O–H groups in total. The van der Waals surface area contributed by atoms with E-state index in [0.29, 0.717) is 62.8 Å². The fourth-order valence-corrected chi connectivity index (χ4v) is 6.46. The van der Waals surface area contributed by atoms with E-state index in [4.69, 9.17) is 19.8 Å². The molecule has 2 amide bonds. The van der Waals surface area contributed by atoms with Crippen molar-refractivity contribution in [2.24, 2.45) is 0 Å². The third-order valence-corrected chi connectivity index (χ3v) is 9.88. The Balaban J connectivity index is 1.66. The number of carbonyl (C=O) groups excluding carboxylic acids is 1. The van der Waals surface area contributed by atoms with Crippen LogP contribution in [0.2, 0.25) is 0 Å². The van der Waals surface area contributed by atoms with Gasteiger partial charge in [0, 0.05) is 42.3 Å². The Kier molecular flexibility index (Phi) is 8.06. The maximum atomic E-state index is 12.0. The van der Waals surface area contributed by atoms with Gasteiger partial charge in [0.25, 0.3) is 0 Å². The van der Waals surface area contributed by atoms with Crippen molar-refractivity contribution in [3.05, 3.63) is 36.0 Å². The summed E-state index contributed by atoms with van der Waals surface area (Å²) in [6.07, 6.45) is 1.85. The van der Waals surface area contributed by atoms with Gasteiger partial charge in [-0.25, -0.2) is 14.8 Å². The molecule has 1 aliphatic heterocycles. The van der Waals surface area contributed by atoms with Crippen molar-refractivity contribution >= 4 is 28.1 Å². The van der Waals surface area contributed by atoms with Gasteiger partial charge < -0.3 is 25.4 Å². The van der Waals surface area contributed by atoms with Crippen LogP contribution in [0.3, 0.4) is 0 Å². The highest BCUT2D eigenvalue weighted by Crippen LogP contribution is 2.73. The SMILES string of the molecule is CC(C)S(O)(O)C1(c2cc(N3CCOC[C@@H]3C)nc(-c3ccc(NC(=O)NCCCO)cc3)n2)CC1. The van der Waals surface area contributed by atoms with Crippen LogP contribution >= 0.6 is 10.6 Å². The Morgan fingerprint density at radius 1 is 1.25 bits per heavy atom. The quantitative estimate of drug-likeness (QED) is 0.313. The fraction of sp³-hybridized carbons (Fsp3) is 0.560. The molecule has 4 rings (SSSR count). The summed E-state index contributed by atoms with van der Waals surface area (Å²) < 4.78 is 27.1. The van der Waals surface area contributed by atoms with Crippen LogP contribution in [0, 0.1) is 0 Å². The number of aliphatic hydroxyl groups excluding tert-OH is 1. The number of morpholine rings is 1. The fourth-order valence-electron chi connectivity index (χ4n) is 4.45. The Bertz CT molecular complexity index is 1060. The summed E-state index contributed by atoms with van der Waals surface area (Å²) in [4.78, 5) is 23.9. The van der Waals surface area contributed by atoms with Gasteiger partial charge in [0.15, 0.2) is 5.82 Å². The van der Waals surface area contributed by atoms with Crippen LogP contribution in [-0.4, -0.2) is 74.4 Å². The average Bonchev–Trinajstić information content (AvgIpc) is 3.67. The standard InChI is InChI=1S/C25H37N5O5S/c1-17(2)36(33,34)25(9-10-25)21-15-22(30-12-14-35-16-18(30)3)29-23(28-21)19-5-7-20(8-6-19)27-24(32)26-11-4-13-31/h5-8,15,17-18,31,33-34H,4,9-14,16H2,1-3H3,(H2,26,27,32)/t18-/m0/s1. The summed E-state index contributed by atoms with van der Waals surface area (Å²) in [6.45, 7) is 8.07. The van der Waals surface area contributed by atoms with Crippen LogP contribution in [-0.2, 0) is 9.48 Å². The summed E-state index contributed by atoms with van der Waals surface area (Å²) in [5.74, 6) is 1.26. The monoisotopic (exact) mass is 519 g/mol. The molecule has 0 radical (unpaired) electrons. The minimum absolute atomic E-state index is 0.0207. The molecule has 1 atom stereocenters. The predicted octanol–water partition coefficient (Wildman–Crippen LogP) is 4.02. The van der Waals surface area contributed by atoms with E-state index in [2.05, 4.69) is 22.5 Å². The van der Waals surface area contributed by atoms with E-state index in [-0.39, 0.29) is 23.9 Å². The van der Waals surface area contributed by atoms with Crippen molar-refractivity contribution in [3.8, 4) is 11.4 Å². The lowest BCUT2D eigenvalue weighted by atomic mass is 10.1. The molecule has 1 aromatic heterocycles. The van der Waals surface area contributed by atoms with Crippen molar-refractivity contribution in [1.82, 2.24) is 15.3 Å². The number of rotatable bonds is 9. The van der Waals surface area contributed by atoms with Gasteiger partial charge in [-0.2, -0.15) is 10.6 Å². The zero-order valence-electron chi connectivity index (χ0n) is 21.1. The molecule has 11 heteroatoms. The third-order valence-electron chi connectivity index (χ3n) is 6.80. The van der Waals surface area contributed by atoms with E-state index in [1.54, 1.807) is 12.1 Å². The summed E-state index contributed by atoms with van der Waals surface area (Å²) in [7, 11) is -2.91. The molecule has 10 nitrogen and oxygen atoms in total. The van der Waals surface area contributed by atoms with E-state index in [0.717, 1.165) is 11.4 Å². The maximum absolute atomic E-state index is 12.0. The molecule has 0 spiro atoms. The Hall–Kier alpha value is -2.44. The lowest BCUT2D eigenvalue weighted by Crippen LogP contribution is -2.44. The lowest BCUT2D eigenvalue weighted by Gasteiger charge is -2.44. The van der Waals surface area contributed by atoms with Gasteiger partial charge in [-0.05, 0) is 64.3 Å². The van der Waals surface area contributed by atoms with Crippen LogP contribution in [0.15, 0.2) is 30.3 Å². The number of carbonyl (C=O) groups is 1. The second kappa shape index (κ2) is 10.9. The number of nitrogens with zero attached hydrogens (tertiary/aromatic N) is 3. The third kappa shape index (κ3) is 5.45. The van der Waals surface area contributed by atoms with Gasteiger partial charge in [0.05, 0.1) is 24.9 Å². The number of nitrogens with one attached hydrogen (secondary N) is 2. The van der Waals surface area contributed by atoms with Gasteiger partial charge in [-0.1, -0.05) is 0 Å². The molecule has 36 heavy (non-hydrogen) atoms. The summed E-state index contributed by atoms with van der Waals surface area (Å²) >= 11 is 0. The van der Waals surface area contributed by atoms with Crippen LogP contribution in [0.4, 0.5) is 16.3 Å². The van der Waals surface area contributed by atoms with Crippen molar-refractivity contribution in [2.75, 3.05) is 43.1 Å². The predicted molar refractivity (Wildman–Crippen MR) is 143 cm³/mol. The number of amides is 2. The molecular weight excluding hydrogens is 482 g/mol. The van der Waals surface area contributed by atoms with Crippen molar-refractivity contribution in [2.45, 2.75) is 56.1 Å². The Labute approximate surface area is 213 Å². The lowest BCUT2D eigenvalue weighted by molar-refractivity contribution is 0.0985. The summed E-state index contributed by atoms with van der Waals surface area (Å²) in [6, 6.07) is 8.95. The van der Waals surface area contributed by atoms with E-state index in [9.17, 15) is 13.9 Å². The highest BCUT2D eigenvalue weighted by atomic mass is 32.3. The minimum atomic E-state index is -2.91. The average molecular weight is 520 g/mol. The first-order valence-electron chi connectivity index (χ1n) is 12.4. The van der Waals surface area contributed by atoms with Crippen LogP contribution in [0.25, 0.3) is 11.4 Å². The number of hydrogen-bond acceptors (Lipinski definition) is 8. The number of aliphatic hydroxyl groups is 1. The van der Waals surface area contributed by atoms with E-state index in [1.165, 1.54) is 0 Å². The summed E-state index contributed by atoms with van der Waals surface area (Å²) in [5, 5.41) is 14.0. The van der Waals surface area contributed by atoms with E-state index < -0.39 is 15.3 Å². The van der Waals surface area contributed by atoms with Crippen molar-refractivity contribution < 1.29 is 23.7 Å². The summed E-state index contributed by atoms with van der Waals surface area (Å²) in [5.41, 5.74) is 2.05. The number of urea groups is 1. The normalized spacial score (nSPS) is 19.8. The Morgan fingerprint density at radius 3 is 2.58 bits per heavy atom.